The predicted octanol–water partition coefficient (Wildman–Crippen LogP) is 3.14. The quantitative estimate of drug-likeness (QED) is 0.824. The van der Waals surface area contributed by atoms with E-state index in [-0.39, 0.29) is 0 Å². The predicted molar refractivity (Wildman–Crippen MR) is 85.9 cm³/mol. The summed E-state index contributed by atoms with van der Waals surface area (Å²) in [6.07, 6.45) is 0. The van der Waals surface area contributed by atoms with Gasteiger partial charge in [-0.2, -0.15) is 0 Å². The molecule has 0 unspecified atom stereocenters. The summed E-state index contributed by atoms with van der Waals surface area (Å²) in [5.41, 5.74) is 3.33. The highest BCUT2D eigenvalue weighted by Gasteiger charge is 2.09. The number of carboxylic acids is 1. The molecule has 2 aromatic carbocycles. The molecule has 4 nitrogen and oxygen atoms in total. The lowest BCUT2D eigenvalue weighted by molar-refractivity contribution is -0.139. The van der Waals surface area contributed by atoms with Crippen LogP contribution in [0.1, 0.15) is 23.6 Å². The maximum atomic E-state index is 10.8. The lowest BCUT2D eigenvalue weighted by atomic mass is 10.1. The monoisotopic (exact) mass is 299 g/mol. The van der Waals surface area contributed by atoms with E-state index in [1.54, 1.807) is 6.92 Å². The van der Waals surface area contributed by atoms with Crippen LogP contribution in [0.3, 0.4) is 0 Å². The lowest BCUT2D eigenvalue weighted by Crippen LogP contribution is -2.33. The first-order chi connectivity index (χ1) is 10.5. The minimum atomic E-state index is -0.855. The Morgan fingerprint density at radius 2 is 1.91 bits per heavy atom. The second-order valence-corrected chi connectivity index (χ2v) is 5.37. The summed E-state index contributed by atoms with van der Waals surface area (Å²) in [5, 5.41) is 11.8. The Morgan fingerprint density at radius 3 is 2.64 bits per heavy atom. The van der Waals surface area contributed by atoms with Crippen molar-refractivity contribution >= 4 is 5.97 Å². The number of benzene rings is 2. The fourth-order valence-electron chi connectivity index (χ4n) is 2.07. The van der Waals surface area contributed by atoms with Crippen molar-refractivity contribution in [3.63, 3.8) is 0 Å². The number of ether oxygens (including phenoxy) is 1. The number of carbonyl (C=O) groups is 1. The molecule has 4 heteroatoms. The normalized spacial score (nSPS) is 11.9. The summed E-state index contributed by atoms with van der Waals surface area (Å²) < 4.78 is 5.80. The summed E-state index contributed by atoms with van der Waals surface area (Å²) in [7, 11) is 0. The molecule has 0 heterocycles. The van der Waals surface area contributed by atoms with E-state index in [2.05, 4.69) is 24.4 Å². The van der Waals surface area contributed by atoms with Crippen LogP contribution in [-0.2, 0) is 17.9 Å². The van der Waals surface area contributed by atoms with Crippen LogP contribution >= 0.6 is 0 Å². The Balaban J connectivity index is 1.92. The second kappa shape index (κ2) is 7.61. The van der Waals surface area contributed by atoms with Crippen LogP contribution in [0, 0.1) is 6.92 Å². The molecule has 0 bridgehead atoms. The van der Waals surface area contributed by atoms with Crippen molar-refractivity contribution in [1.82, 2.24) is 5.32 Å². The van der Waals surface area contributed by atoms with Crippen LogP contribution < -0.4 is 10.1 Å². The number of aliphatic carboxylic acids is 1. The molecule has 2 aromatic rings. The molecule has 0 aliphatic carbocycles. The van der Waals surface area contributed by atoms with E-state index in [0.717, 1.165) is 16.9 Å². The average Bonchev–Trinajstić information content (AvgIpc) is 2.51. The first-order valence-electron chi connectivity index (χ1n) is 7.28. The lowest BCUT2D eigenvalue weighted by Gasteiger charge is -2.11. The van der Waals surface area contributed by atoms with Gasteiger partial charge in [-0.1, -0.05) is 42.0 Å². The third-order valence-electron chi connectivity index (χ3n) is 3.37. The van der Waals surface area contributed by atoms with E-state index in [4.69, 9.17) is 9.84 Å². The zero-order chi connectivity index (χ0) is 15.9. The second-order valence-electron chi connectivity index (χ2n) is 5.37. The van der Waals surface area contributed by atoms with Crippen molar-refractivity contribution in [1.29, 1.82) is 0 Å². The molecule has 0 aliphatic heterocycles. The van der Waals surface area contributed by atoms with Crippen molar-refractivity contribution < 1.29 is 14.6 Å². The number of hydrogen-bond acceptors (Lipinski definition) is 3. The zero-order valence-corrected chi connectivity index (χ0v) is 12.9. The molecule has 0 amide bonds. The van der Waals surface area contributed by atoms with Gasteiger partial charge in [-0.3, -0.25) is 4.79 Å². The average molecular weight is 299 g/mol. The smallest absolute Gasteiger partial charge is 0.320 e. The third kappa shape index (κ3) is 4.90. The van der Waals surface area contributed by atoms with E-state index in [0.29, 0.717) is 13.2 Å². The van der Waals surface area contributed by atoms with Gasteiger partial charge in [0.05, 0.1) is 0 Å². The van der Waals surface area contributed by atoms with Gasteiger partial charge in [0.15, 0.2) is 0 Å². The van der Waals surface area contributed by atoms with Crippen molar-refractivity contribution in [2.45, 2.75) is 33.0 Å². The summed E-state index contributed by atoms with van der Waals surface area (Å²) in [6.45, 7) is 4.69. The first kappa shape index (κ1) is 16.0. The number of rotatable bonds is 7. The molecule has 116 valence electrons. The van der Waals surface area contributed by atoms with Crippen LogP contribution in [0.15, 0.2) is 48.5 Å². The number of aryl methyl sites for hydroxylation is 1. The molecule has 0 saturated heterocycles. The van der Waals surface area contributed by atoms with Gasteiger partial charge in [0.25, 0.3) is 0 Å². The van der Waals surface area contributed by atoms with E-state index in [1.165, 1.54) is 5.56 Å². The molecule has 0 saturated carbocycles. The van der Waals surface area contributed by atoms with E-state index >= 15 is 0 Å². The van der Waals surface area contributed by atoms with E-state index in [9.17, 15) is 4.79 Å². The maximum Gasteiger partial charge on any atom is 0.320 e. The van der Waals surface area contributed by atoms with Gasteiger partial charge < -0.3 is 15.2 Å². The molecule has 0 fully saturated rings. The number of nitrogens with one attached hydrogen (secondary N) is 1. The first-order valence-corrected chi connectivity index (χ1v) is 7.28. The van der Waals surface area contributed by atoms with Crippen LogP contribution in [-0.4, -0.2) is 17.1 Å². The summed E-state index contributed by atoms with van der Waals surface area (Å²) >= 11 is 0. The maximum absolute atomic E-state index is 10.8. The fraction of sp³-hybridized carbons (Fsp3) is 0.278. The topological polar surface area (TPSA) is 58.6 Å². The standard InChI is InChI=1S/C18H21NO3/c1-13-5-3-7-16(9-13)12-22-17-8-4-6-15(10-17)11-19-14(2)18(20)21/h3-10,14,19H,11-12H2,1-2H3,(H,20,21)/t14-/m0/s1. The van der Waals surface area contributed by atoms with Crippen molar-refractivity contribution in [2.24, 2.45) is 0 Å². The molecule has 2 N–H and O–H groups in total. The largest absolute Gasteiger partial charge is 0.489 e. The van der Waals surface area contributed by atoms with Crippen LogP contribution in [0.25, 0.3) is 0 Å². The van der Waals surface area contributed by atoms with Gasteiger partial charge in [0, 0.05) is 6.54 Å². The highest BCUT2D eigenvalue weighted by Crippen LogP contribution is 2.15. The summed E-state index contributed by atoms with van der Waals surface area (Å²) in [5.74, 6) is -0.0735. The van der Waals surface area contributed by atoms with E-state index in [1.807, 2.05) is 36.4 Å². The van der Waals surface area contributed by atoms with Crippen molar-refractivity contribution in [3.8, 4) is 5.75 Å². The molecule has 0 aliphatic rings. The molecule has 0 radical (unpaired) electrons. The van der Waals surface area contributed by atoms with Gasteiger partial charge in [-0.25, -0.2) is 0 Å². The molecular formula is C18H21NO3. The highest BCUT2D eigenvalue weighted by molar-refractivity contribution is 5.72. The number of carboxylic acid groups (broad SMARTS) is 1. The third-order valence-corrected chi connectivity index (χ3v) is 3.37. The van der Waals surface area contributed by atoms with Gasteiger partial charge in [0.1, 0.15) is 18.4 Å². The molecule has 22 heavy (non-hydrogen) atoms. The Kier molecular flexibility index (Phi) is 5.55. The van der Waals surface area contributed by atoms with Crippen LogP contribution in [0.2, 0.25) is 0 Å². The summed E-state index contributed by atoms with van der Waals surface area (Å²) in [6, 6.07) is 15.3. The van der Waals surface area contributed by atoms with Gasteiger partial charge in [-0.05, 0) is 37.1 Å². The highest BCUT2D eigenvalue weighted by atomic mass is 16.5. The molecule has 2 rings (SSSR count). The Bertz CT molecular complexity index is 640. The summed E-state index contributed by atoms with van der Waals surface area (Å²) in [4.78, 5) is 10.8. The van der Waals surface area contributed by atoms with Crippen LogP contribution in [0.5, 0.6) is 5.75 Å². The minimum Gasteiger partial charge on any atom is -0.489 e. The number of hydrogen-bond donors (Lipinski definition) is 2. The zero-order valence-electron chi connectivity index (χ0n) is 12.9. The van der Waals surface area contributed by atoms with E-state index < -0.39 is 12.0 Å². The molecule has 1 atom stereocenters. The van der Waals surface area contributed by atoms with Gasteiger partial charge in [-0.15, -0.1) is 0 Å². The van der Waals surface area contributed by atoms with Crippen LogP contribution in [0.4, 0.5) is 0 Å². The minimum absolute atomic E-state index is 0.495. The van der Waals surface area contributed by atoms with Crippen molar-refractivity contribution in [3.05, 3.63) is 65.2 Å². The molecule has 0 aromatic heterocycles. The molecule has 0 spiro atoms. The molecular weight excluding hydrogens is 278 g/mol. The Morgan fingerprint density at radius 1 is 1.18 bits per heavy atom. The fourth-order valence-corrected chi connectivity index (χ4v) is 2.07. The Hall–Kier alpha value is -2.33. The SMILES string of the molecule is Cc1cccc(COc2cccc(CN[C@@H](C)C(=O)O)c2)c1. The van der Waals surface area contributed by atoms with Gasteiger partial charge >= 0.3 is 5.97 Å². The van der Waals surface area contributed by atoms with Gasteiger partial charge in [0.2, 0.25) is 0 Å². The van der Waals surface area contributed by atoms with Crippen molar-refractivity contribution in [2.75, 3.05) is 0 Å². The Labute approximate surface area is 130 Å².